The normalized spacial score (nSPS) is 16.2. The Morgan fingerprint density at radius 3 is 2.46 bits per heavy atom. The number of nitrogens with one attached hydrogen (secondary N) is 1. The van der Waals surface area contributed by atoms with Crippen LogP contribution in [0.15, 0.2) is 53.4 Å². The van der Waals surface area contributed by atoms with Crippen molar-refractivity contribution in [1.29, 1.82) is 0 Å². The van der Waals surface area contributed by atoms with Gasteiger partial charge in [-0.2, -0.15) is 0 Å². The van der Waals surface area contributed by atoms with E-state index in [-0.39, 0.29) is 35.7 Å². The molecule has 1 fully saturated rings. The molecule has 146 valence electrons. The highest BCUT2D eigenvalue weighted by molar-refractivity contribution is 8.13. The minimum atomic E-state index is -0.559. The van der Waals surface area contributed by atoms with Crippen molar-refractivity contribution in [2.75, 3.05) is 30.9 Å². The molecule has 0 radical (unpaired) electrons. The second kappa shape index (κ2) is 8.43. The summed E-state index contributed by atoms with van der Waals surface area (Å²) in [6.45, 7) is 0.136. The fraction of sp³-hybridized carbons (Fsp3) is 0.250. The zero-order valence-electron chi connectivity index (χ0n) is 15.5. The molecule has 1 heterocycles. The van der Waals surface area contributed by atoms with Crippen LogP contribution in [0.2, 0.25) is 0 Å². The highest BCUT2D eigenvalue weighted by Gasteiger charge is 2.36. The summed E-state index contributed by atoms with van der Waals surface area (Å²) < 4.78 is 13.9. The fourth-order valence-electron chi connectivity index (χ4n) is 2.83. The van der Waals surface area contributed by atoms with Crippen molar-refractivity contribution in [3.05, 3.63) is 54.3 Å². The van der Waals surface area contributed by atoms with Gasteiger partial charge in [0, 0.05) is 37.6 Å². The minimum absolute atomic E-state index is 0.0332. The summed E-state index contributed by atoms with van der Waals surface area (Å²) in [4.78, 5) is 40.0. The average Bonchev–Trinajstić information content (AvgIpc) is 3.05. The van der Waals surface area contributed by atoms with Gasteiger partial charge in [0.2, 0.25) is 11.8 Å². The molecule has 1 unspecified atom stereocenters. The molecule has 6 nitrogen and oxygen atoms in total. The lowest BCUT2D eigenvalue weighted by molar-refractivity contribution is -0.122. The zero-order chi connectivity index (χ0) is 20.3. The highest BCUT2D eigenvalue weighted by Crippen LogP contribution is 2.28. The van der Waals surface area contributed by atoms with Crippen LogP contribution >= 0.6 is 11.8 Å². The van der Waals surface area contributed by atoms with Crippen molar-refractivity contribution in [3.63, 3.8) is 0 Å². The molecule has 0 bridgehead atoms. The van der Waals surface area contributed by atoms with Crippen LogP contribution in [0.25, 0.3) is 0 Å². The van der Waals surface area contributed by atoms with Gasteiger partial charge in [-0.05, 0) is 48.2 Å². The summed E-state index contributed by atoms with van der Waals surface area (Å²) in [5.41, 5.74) is 0.762. The van der Waals surface area contributed by atoms with Crippen molar-refractivity contribution >= 4 is 40.2 Å². The Bertz CT molecular complexity index is 902. The molecular formula is C20H20FN3O3S. The topological polar surface area (TPSA) is 69.7 Å². The lowest BCUT2D eigenvalue weighted by Gasteiger charge is -2.17. The van der Waals surface area contributed by atoms with Crippen molar-refractivity contribution in [2.45, 2.75) is 11.3 Å². The Morgan fingerprint density at radius 1 is 1.14 bits per heavy atom. The largest absolute Gasteiger partial charge is 0.339 e. The smallest absolute Gasteiger partial charge is 0.285 e. The quantitative estimate of drug-likeness (QED) is 0.795. The summed E-state index contributed by atoms with van der Waals surface area (Å²) in [6.07, 6.45) is 0.0332. The third-order valence-corrected chi connectivity index (χ3v) is 5.38. The molecule has 1 aliphatic rings. The number of halogens is 1. The van der Waals surface area contributed by atoms with Gasteiger partial charge in [-0.3, -0.25) is 14.4 Å². The molecule has 3 rings (SSSR count). The van der Waals surface area contributed by atoms with Gasteiger partial charge in [-0.15, -0.1) is 0 Å². The predicted octanol–water partition coefficient (Wildman–Crippen LogP) is 3.59. The molecule has 0 spiro atoms. The molecule has 1 aliphatic heterocycles. The van der Waals surface area contributed by atoms with Crippen molar-refractivity contribution in [3.8, 4) is 0 Å². The number of benzene rings is 2. The van der Waals surface area contributed by atoms with E-state index < -0.39 is 11.7 Å². The van der Waals surface area contributed by atoms with Crippen molar-refractivity contribution in [2.24, 2.45) is 5.92 Å². The van der Waals surface area contributed by atoms with Gasteiger partial charge < -0.3 is 15.1 Å². The van der Waals surface area contributed by atoms with Crippen LogP contribution in [0.3, 0.4) is 0 Å². The Kier molecular flexibility index (Phi) is 5.99. The van der Waals surface area contributed by atoms with Crippen LogP contribution in [-0.2, 0) is 9.59 Å². The predicted molar refractivity (Wildman–Crippen MR) is 107 cm³/mol. The molecule has 1 N–H and O–H groups in total. The third kappa shape index (κ3) is 4.51. The van der Waals surface area contributed by atoms with Gasteiger partial charge in [0.25, 0.3) is 5.24 Å². The second-order valence-electron chi connectivity index (χ2n) is 6.63. The summed E-state index contributed by atoms with van der Waals surface area (Å²) >= 11 is 1.09. The van der Waals surface area contributed by atoms with Crippen LogP contribution in [0.1, 0.15) is 6.42 Å². The van der Waals surface area contributed by atoms with E-state index in [1.807, 2.05) is 0 Å². The summed E-state index contributed by atoms with van der Waals surface area (Å²) in [6, 6.07) is 12.9. The van der Waals surface area contributed by atoms with Crippen LogP contribution < -0.4 is 10.2 Å². The van der Waals surface area contributed by atoms with E-state index in [1.165, 1.54) is 21.9 Å². The van der Waals surface area contributed by atoms with E-state index in [4.69, 9.17) is 0 Å². The Balaban J connectivity index is 1.62. The number of anilines is 2. The monoisotopic (exact) mass is 401 g/mol. The average molecular weight is 401 g/mol. The van der Waals surface area contributed by atoms with Crippen LogP contribution in [-0.4, -0.2) is 42.6 Å². The number of carbonyl (C=O) groups excluding carboxylic acids is 3. The van der Waals surface area contributed by atoms with Gasteiger partial charge in [0.15, 0.2) is 0 Å². The van der Waals surface area contributed by atoms with E-state index in [9.17, 15) is 18.8 Å². The number of hydrogen-bond donors (Lipinski definition) is 1. The molecular weight excluding hydrogens is 381 g/mol. The van der Waals surface area contributed by atoms with E-state index in [0.717, 1.165) is 16.7 Å². The van der Waals surface area contributed by atoms with Gasteiger partial charge >= 0.3 is 0 Å². The summed E-state index contributed by atoms with van der Waals surface area (Å²) in [7, 11) is 3.36. The molecule has 0 aromatic heterocycles. The van der Waals surface area contributed by atoms with Crippen molar-refractivity contribution in [1.82, 2.24) is 4.90 Å². The molecule has 2 aromatic carbocycles. The molecule has 28 heavy (non-hydrogen) atoms. The zero-order valence-corrected chi connectivity index (χ0v) is 16.3. The van der Waals surface area contributed by atoms with E-state index in [2.05, 4.69) is 5.32 Å². The van der Waals surface area contributed by atoms with E-state index >= 15 is 0 Å². The number of para-hydroxylation sites is 1. The Morgan fingerprint density at radius 2 is 1.82 bits per heavy atom. The first-order valence-electron chi connectivity index (χ1n) is 8.70. The Hall–Kier alpha value is -2.87. The number of nitrogens with zero attached hydrogens (tertiary/aromatic N) is 2. The number of carbonyl (C=O) groups is 3. The number of hydrogen-bond acceptors (Lipinski definition) is 4. The maximum absolute atomic E-state index is 13.9. The fourth-order valence-corrected chi connectivity index (χ4v) is 3.49. The number of amides is 3. The van der Waals surface area contributed by atoms with Gasteiger partial charge in [0.05, 0.1) is 11.6 Å². The van der Waals surface area contributed by atoms with E-state index in [0.29, 0.717) is 5.69 Å². The number of rotatable bonds is 4. The molecule has 0 saturated carbocycles. The lowest BCUT2D eigenvalue weighted by Crippen LogP contribution is -2.28. The summed E-state index contributed by atoms with van der Waals surface area (Å²) in [5, 5.41) is 2.69. The first-order chi connectivity index (χ1) is 13.3. The maximum atomic E-state index is 13.9. The highest BCUT2D eigenvalue weighted by atomic mass is 32.2. The molecule has 8 heteroatoms. The molecule has 0 aliphatic carbocycles. The minimum Gasteiger partial charge on any atom is -0.339 e. The second-order valence-corrected chi connectivity index (χ2v) is 7.66. The molecule has 1 saturated heterocycles. The standard InChI is InChI=1S/C20H20FN3O3S/c1-23(2)20(27)28-15-9-7-14(8-10-15)22-19(26)13-11-18(25)24(12-13)17-6-4-3-5-16(17)21/h3-10,13H,11-12H2,1-2H3,(H,22,26). The lowest BCUT2D eigenvalue weighted by atomic mass is 10.1. The van der Waals surface area contributed by atoms with Crippen LogP contribution in [0.5, 0.6) is 0 Å². The van der Waals surface area contributed by atoms with Gasteiger partial charge in [0.1, 0.15) is 5.82 Å². The van der Waals surface area contributed by atoms with Gasteiger partial charge in [-0.1, -0.05) is 12.1 Å². The van der Waals surface area contributed by atoms with Crippen LogP contribution in [0.4, 0.5) is 20.6 Å². The third-order valence-electron chi connectivity index (χ3n) is 4.33. The first-order valence-corrected chi connectivity index (χ1v) is 9.52. The number of thioether (sulfide) groups is 1. The maximum Gasteiger partial charge on any atom is 0.285 e. The van der Waals surface area contributed by atoms with Gasteiger partial charge in [-0.25, -0.2) is 4.39 Å². The molecule has 1 atom stereocenters. The first kappa shape index (κ1) is 19.9. The Labute approximate surface area is 166 Å². The molecule has 2 aromatic rings. The summed E-state index contributed by atoms with van der Waals surface area (Å²) in [5.74, 6) is -1.62. The SMILES string of the molecule is CN(C)C(=O)Sc1ccc(NC(=O)C2CC(=O)N(c3ccccc3F)C2)cc1. The molecule has 3 amide bonds. The van der Waals surface area contributed by atoms with Crippen molar-refractivity contribution < 1.29 is 18.8 Å². The van der Waals surface area contributed by atoms with Crippen LogP contribution in [0, 0.1) is 11.7 Å². The van der Waals surface area contributed by atoms with E-state index in [1.54, 1.807) is 50.5 Å².